The van der Waals surface area contributed by atoms with Gasteiger partial charge in [0.15, 0.2) is 0 Å². The molecule has 1 aliphatic carbocycles. The molecule has 1 saturated carbocycles. The molecule has 5 heterocycles. The summed E-state index contributed by atoms with van der Waals surface area (Å²) >= 11 is 0. The molecule has 0 amide bonds. The van der Waals surface area contributed by atoms with Crippen molar-refractivity contribution in [2.45, 2.75) is 39.5 Å². The van der Waals surface area contributed by atoms with Gasteiger partial charge in [0, 0.05) is 24.4 Å². The van der Waals surface area contributed by atoms with Crippen molar-refractivity contribution in [2.75, 3.05) is 12.4 Å². The second-order valence-electron chi connectivity index (χ2n) is 8.58. The first kappa shape index (κ1) is 19.7. The summed E-state index contributed by atoms with van der Waals surface area (Å²) in [6.45, 7) is 5.63. The number of ether oxygens (including phenoxy) is 1. The molecule has 10 nitrogen and oxygen atoms in total. The van der Waals surface area contributed by atoms with Gasteiger partial charge in [-0.15, -0.1) is 0 Å². The molecule has 10 heteroatoms. The van der Waals surface area contributed by atoms with Crippen molar-refractivity contribution in [2.24, 2.45) is 7.05 Å². The predicted molar refractivity (Wildman–Crippen MR) is 124 cm³/mol. The zero-order chi connectivity index (χ0) is 22.9. The molecule has 0 atom stereocenters. The van der Waals surface area contributed by atoms with E-state index in [4.69, 9.17) is 19.2 Å². The van der Waals surface area contributed by atoms with Gasteiger partial charge in [-0.25, -0.2) is 15.0 Å². The lowest BCUT2D eigenvalue weighted by molar-refractivity contribution is 0.393. The summed E-state index contributed by atoms with van der Waals surface area (Å²) in [6, 6.07) is 4.06. The van der Waals surface area contributed by atoms with Gasteiger partial charge >= 0.3 is 0 Å². The standard InChI is InChI=1S/C23H24N8O2/c1-10-18(11(2)33-30-10)20-16(32-5)8-14-19-22(24-12(3)25-23(19)28-21(14)27-20)26-17-9-15(13-6-7-13)29-31(17)4/h8-9,13H,6-7H2,1-5H3,(H2,24,25,26,27,28). The fourth-order valence-electron chi connectivity index (χ4n) is 4.36. The Morgan fingerprint density at radius 1 is 1.12 bits per heavy atom. The number of methoxy groups -OCH3 is 1. The number of hydrogen-bond donors (Lipinski definition) is 2. The Labute approximate surface area is 189 Å². The van der Waals surface area contributed by atoms with Crippen LogP contribution < -0.4 is 10.1 Å². The Hall–Kier alpha value is -3.95. The number of nitrogens with zero attached hydrogens (tertiary/aromatic N) is 6. The summed E-state index contributed by atoms with van der Waals surface area (Å²) in [6.07, 6.45) is 2.41. The number of pyridine rings is 1. The van der Waals surface area contributed by atoms with E-state index >= 15 is 0 Å². The summed E-state index contributed by atoms with van der Waals surface area (Å²) in [5, 5.41) is 13.9. The fourth-order valence-corrected chi connectivity index (χ4v) is 4.36. The van der Waals surface area contributed by atoms with Gasteiger partial charge in [-0.05, 0) is 39.7 Å². The van der Waals surface area contributed by atoms with Crippen LogP contribution in [0.3, 0.4) is 0 Å². The minimum Gasteiger partial charge on any atom is -0.494 e. The normalized spacial score (nSPS) is 13.8. The van der Waals surface area contributed by atoms with Crippen LogP contribution in [0, 0.1) is 20.8 Å². The van der Waals surface area contributed by atoms with Gasteiger partial charge in [-0.3, -0.25) is 4.68 Å². The van der Waals surface area contributed by atoms with E-state index in [-0.39, 0.29) is 0 Å². The molecule has 5 aromatic heterocycles. The molecular formula is C23H24N8O2. The van der Waals surface area contributed by atoms with Gasteiger partial charge in [0.1, 0.15) is 46.0 Å². The Kier molecular flexibility index (Phi) is 4.20. The number of hydrogen-bond acceptors (Lipinski definition) is 8. The molecule has 0 bridgehead atoms. The van der Waals surface area contributed by atoms with Crippen molar-refractivity contribution < 1.29 is 9.26 Å². The third-order valence-corrected chi connectivity index (χ3v) is 6.15. The predicted octanol–water partition coefficient (Wildman–Crippen LogP) is 4.45. The van der Waals surface area contributed by atoms with E-state index < -0.39 is 0 Å². The maximum atomic E-state index is 5.72. The number of aromatic nitrogens is 7. The largest absolute Gasteiger partial charge is 0.494 e. The first-order valence-corrected chi connectivity index (χ1v) is 10.9. The van der Waals surface area contributed by atoms with E-state index in [2.05, 4.69) is 31.6 Å². The number of fused-ring (bicyclic) bond motifs is 3. The smallest absolute Gasteiger partial charge is 0.146 e. The van der Waals surface area contributed by atoms with Gasteiger partial charge in [0.25, 0.3) is 0 Å². The Balaban J connectivity index is 1.54. The molecular weight excluding hydrogens is 420 g/mol. The van der Waals surface area contributed by atoms with Gasteiger partial charge < -0.3 is 19.6 Å². The third-order valence-electron chi connectivity index (χ3n) is 6.15. The van der Waals surface area contributed by atoms with Crippen LogP contribution in [0.5, 0.6) is 5.75 Å². The number of rotatable bonds is 5. The van der Waals surface area contributed by atoms with Gasteiger partial charge in [0.05, 0.1) is 29.4 Å². The van der Waals surface area contributed by atoms with Crippen LogP contribution >= 0.6 is 0 Å². The molecule has 2 N–H and O–H groups in total. The van der Waals surface area contributed by atoms with Crippen molar-refractivity contribution in [3.8, 4) is 17.0 Å². The zero-order valence-electron chi connectivity index (χ0n) is 19.1. The molecule has 0 saturated heterocycles. The first-order chi connectivity index (χ1) is 15.9. The second-order valence-corrected chi connectivity index (χ2v) is 8.58. The lowest BCUT2D eigenvalue weighted by atomic mass is 10.1. The van der Waals surface area contributed by atoms with Crippen molar-refractivity contribution in [1.29, 1.82) is 0 Å². The van der Waals surface area contributed by atoms with E-state index in [0.717, 1.165) is 33.5 Å². The summed E-state index contributed by atoms with van der Waals surface area (Å²) in [4.78, 5) is 17.6. The van der Waals surface area contributed by atoms with Crippen LogP contribution in [-0.4, -0.2) is 42.0 Å². The Morgan fingerprint density at radius 2 is 1.94 bits per heavy atom. The van der Waals surface area contributed by atoms with E-state index in [1.807, 2.05) is 38.6 Å². The average Bonchev–Trinajstić information content (AvgIpc) is 3.37. The quantitative estimate of drug-likeness (QED) is 0.408. The zero-order valence-corrected chi connectivity index (χ0v) is 19.1. The monoisotopic (exact) mass is 444 g/mol. The highest BCUT2D eigenvalue weighted by atomic mass is 16.5. The fraction of sp³-hybridized carbons (Fsp3) is 0.348. The van der Waals surface area contributed by atoms with E-state index in [1.165, 1.54) is 12.8 Å². The molecule has 0 radical (unpaired) electrons. The molecule has 0 aromatic carbocycles. The molecule has 0 aliphatic heterocycles. The van der Waals surface area contributed by atoms with Crippen molar-refractivity contribution in [3.05, 3.63) is 35.1 Å². The average molecular weight is 444 g/mol. The minimum atomic E-state index is 0.572. The minimum absolute atomic E-state index is 0.572. The maximum absolute atomic E-state index is 5.72. The SMILES string of the molecule is COc1cc2c(nc1-c1c(C)noc1C)[nH]c1nc(C)nc(Nc3cc(C4CC4)nn3C)c12. The van der Waals surface area contributed by atoms with Crippen LogP contribution in [0.15, 0.2) is 16.7 Å². The molecule has 168 valence electrons. The number of H-pyrrole nitrogens is 1. The molecule has 1 aliphatic rings. The number of aryl methyl sites for hydroxylation is 4. The molecule has 6 rings (SSSR count). The molecule has 0 unspecified atom stereocenters. The van der Waals surface area contributed by atoms with Gasteiger partial charge in [-0.1, -0.05) is 5.16 Å². The molecule has 0 spiro atoms. The summed E-state index contributed by atoms with van der Waals surface area (Å²) in [7, 11) is 3.57. The number of aromatic amines is 1. The second kappa shape index (κ2) is 7.03. The maximum Gasteiger partial charge on any atom is 0.146 e. The topological polar surface area (TPSA) is 120 Å². The van der Waals surface area contributed by atoms with E-state index in [1.54, 1.807) is 7.11 Å². The highest BCUT2D eigenvalue weighted by Crippen LogP contribution is 2.41. The van der Waals surface area contributed by atoms with Crippen LogP contribution in [-0.2, 0) is 7.05 Å². The Morgan fingerprint density at radius 3 is 2.64 bits per heavy atom. The molecule has 33 heavy (non-hydrogen) atoms. The third kappa shape index (κ3) is 3.12. The summed E-state index contributed by atoms with van der Waals surface area (Å²) in [5.74, 6) is 4.12. The van der Waals surface area contributed by atoms with E-state index in [9.17, 15) is 0 Å². The first-order valence-electron chi connectivity index (χ1n) is 10.9. The lowest BCUT2D eigenvalue weighted by Gasteiger charge is -2.09. The lowest BCUT2D eigenvalue weighted by Crippen LogP contribution is -2.03. The highest BCUT2D eigenvalue weighted by Gasteiger charge is 2.27. The number of anilines is 2. The van der Waals surface area contributed by atoms with Gasteiger partial charge in [0.2, 0.25) is 0 Å². The summed E-state index contributed by atoms with van der Waals surface area (Å²) < 4.78 is 12.9. The van der Waals surface area contributed by atoms with Crippen LogP contribution in [0.1, 0.15) is 41.7 Å². The molecule has 1 fully saturated rings. The summed E-state index contributed by atoms with van der Waals surface area (Å²) in [5.41, 5.74) is 4.77. The Bertz CT molecular complexity index is 1520. The van der Waals surface area contributed by atoms with Gasteiger partial charge in [-0.2, -0.15) is 5.10 Å². The van der Waals surface area contributed by atoms with Crippen LogP contribution in [0.25, 0.3) is 33.3 Å². The van der Waals surface area contributed by atoms with Crippen LogP contribution in [0.4, 0.5) is 11.6 Å². The number of nitrogens with one attached hydrogen (secondary N) is 2. The molecule has 5 aromatic rings. The van der Waals surface area contributed by atoms with Crippen molar-refractivity contribution in [1.82, 2.24) is 34.9 Å². The highest BCUT2D eigenvalue weighted by molar-refractivity contribution is 6.11. The van der Waals surface area contributed by atoms with E-state index in [0.29, 0.717) is 46.1 Å². The van der Waals surface area contributed by atoms with Crippen molar-refractivity contribution in [3.63, 3.8) is 0 Å². The van der Waals surface area contributed by atoms with Crippen molar-refractivity contribution >= 4 is 33.7 Å². The van der Waals surface area contributed by atoms with Crippen LogP contribution in [0.2, 0.25) is 0 Å².